The molecule has 1 fully saturated rings. The number of rotatable bonds is 8. The van der Waals surface area contributed by atoms with E-state index in [-0.39, 0.29) is 18.1 Å². The topological polar surface area (TPSA) is 43.3 Å². The highest BCUT2D eigenvalue weighted by molar-refractivity contribution is 5.93. The first kappa shape index (κ1) is 21.4. The van der Waals surface area contributed by atoms with E-state index in [4.69, 9.17) is 4.74 Å². The van der Waals surface area contributed by atoms with Crippen LogP contribution in [0.25, 0.3) is 10.9 Å². The highest BCUT2D eigenvalue weighted by Gasteiger charge is 2.33. The maximum atomic E-state index is 13.6. The lowest BCUT2D eigenvalue weighted by Crippen LogP contribution is -2.38. The van der Waals surface area contributed by atoms with Gasteiger partial charge in [-0.3, -0.25) is 4.79 Å². The summed E-state index contributed by atoms with van der Waals surface area (Å²) in [5, 5.41) is 4.23. The predicted molar refractivity (Wildman–Crippen MR) is 126 cm³/mol. The molecule has 1 heterocycles. The van der Waals surface area contributed by atoms with E-state index in [0.717, 1.165) is 34.9 Å². The van der Waals surface area contributed by atoms with Gasteiger partial charge in [0.25, 0.3) is 0 Å². The zero-order chi connectivity index (χ0) is 21.6. The smallest absolute Gasteiger partial charge is 0.230 e. The van der Waals surface area contributed by atoms with Crippen LogP contribution in [0.2, 0.25) is 0 Å². The third-order valence-corrected chi connectivity index (χ3v) is 6.32. The monoisotopic (exact) mass is 416 g/mol. The molecule has 0 saturated heterocycles. The first-order chi connectivity index (χ1) is 15.2. The van der Waals surface area contributed by atoms with Crippen molar-refractivity contribution in [2.24, 2.45) is 7.05 Å². The number of nitrogens with zero attached hydrogens (tertiary/aromatic N) is 1. The number of nitrogens with one attached hydrogen (secondary N) is 1. The van der Waals surface area contributed by atoms with Crippen LogP contribution in [0.15, 0.2) is 73.4 Å². The van der Waals surface area contributed by atoms with Crippen LogP contribution in [0, 0.1) is 0 Å². The number of hydrogen-bond donors (Lipinski definition) is 1. The van der Waals surface area contributed by atoms with Gasteiger partial charge in [-0.1, -0.05) is 73.9 Å². The van der Waals surface area contributed by atoms with Gasteiger partial charge < -0.3 is 14.6 Å². The van der Waals surface area contributed by atoms with Gasteiger partial charge in [-0.25, -0.2) is 0 Å². The molecule has 4 heteroatoms. The minimum absolute atomic E-state index is 0.0269. The quantitative estimate of drug-likeness (QED) is 0.494. The lowest BCUT2D eigenvalue weighted by Gasteiger charge is -2.30. The molecule has 2 aromatic carbocycles. The number of benzene rings is 2. The van der Waals surface area contributed by atoms with Crippen LogP contribution in [-0.2, 0) is 23.1 Å². The molecule has 0 aliphatic heterocycles. The molecule has 1 amide bonds. The Morgan fingerprint density at radius 1 is 1.13 bits per heavy atom. The van der Waals surface area contributed by atoms with Gasteiger partial charge >= 0.3 is 0 Å². The highest BCUT2D eigenvalue weighted by Crippen LogP contribution is 2.33. The van der Waals surface area contributed by atoms with Crippen LogP contribution >= 0.6 is 0 Å². The fraction of sp³-hybridized carbons (Fsp3) is 0.370. The van der Waals surface area contributed by atoms with Gasteiger partial charge in [-0.15, -0.1) is 6.58 Å². The number of hydrogen-bond acceptors (Lipinski definition) is 2. The van der Waals surface area contributed by atoms with E-state index < -0.39 is 5.92 Å². The maximum absolute atomic E-state index is 13.6. The normalized spacial score (nSPS) is 16.7. The minimum Gasteiger partial charge on any atom is -0.370 e. The summed E-state index contributed by atoms with van der Waals surface area (Å²) in [6, 6.07) is 18.2. The Morgan fingerprint density at radius 2 is 1.84 bits per heavy atom. The average molecular weight is 417 g/mol. The van der Waals surface area contributed by atoms with Gasteiger partial charge in [0.15, 0.2) is 0 Å². The summed E-state index contributed by atoms with van der Waals surface area (Å²) in [5.41, 5.74) is 3.18. The van der Waals surface area contributed by atoms with Crippen molar-refractivity contribution >= 4 is 16.8 Å². The Kier molecular flexibility index (Phi) is 6.88. The Hall–Kier alpha value is -2.85. The molecule has 1 N–H and O–H groups in total. The van der Waals surface area contributed by atoms with Crippen LogP contribution in [-0.4, -0.2) is 22.7 Å². The molecule has 1 aliphatic carbocycles. The second-order valence-electron chi connectivity index (χ2n) is 8.49. The molecule has 0 radical (unpaired) electrons. The Bertz CT molecular complexity index is 1020. The number of amides is 1. The molecule has 162 valence electrons. The average Bonchev–Trinajstić information content (AvgIpc) is 3.15. The Balaban J connectivity index is 1.65. The minimum atomic E-state index is -0.450. The molecular weight excluding hydrogens is 384 g/mol. The second kappa shape index (κ2) is 9.97. The fourth-order valence-corrected chi connectivity index (χ4v) is 4.68. The summed E-state index contributed by atoms with van der Waals surface area (Å²) in [4.78, 5) is 13.6. The number of ether oxygens (including phenoxy) is 1. The highest BCUT2D eigenvalue weighted by atomic mass is 16.5. The first-order valence-electron chi connectivity index (χ1n) is 11.3. The molecule has 0 spiro atoms. The van der Waals surface area contributed by atoms with Gasteiger partial charge in [0.2, 0.25) is 5.91 Å². The molecule has 3 aromatic rings. The van der Waals surface area contributed by atoms with Gasteiger partial charge in [-0.05, 0) is 30.0 Å². The van der Waals surface area contributed by atoms with Gasteiger partial charge in [0.05, 0.1) is 18.1 Å². The summed E-state index contributed by atoms with van der Waals surface area (Å²) >= 11 is 0. The van der Waals surface area contributed by atoms with E-state index in [1.165, 1.54) is 19.3 Å². The van der Waals surface area contributed by atoms with Crippen LogP contribution < -0.4 is 5.32 Å². The van der Waals surface area contributed by atoms with E-state index in [2.05, 4.69) is 34.8 Å². The molecule has 4 rings (SSSR count). The molecule has 1 aromatic heterocycles. The third-order valence-electron chi connectivity index (χ3n) is 6.32. The van der Waals surface area contributed by atoms with Crippen LogP contribution in [0.5, 0.6) is 0 Å². The van der Waals surface area contributed by atoms with Crippen LogP contribution in [0.4, 0.5) is 0 Å². The Morgan fingerprint density at radius 3 is 2.58 bits per heavy atom. The van der Waals surface area contributed by atoms with E-state index in [9.17, 15) is 4.79 Å². The van der Waals surface area contributed by atoms with Crippen molar-refractivity contribution in [1.82, 2.24) is 9.88 Å². The van der Waals surface area contributed by atoms with Crippen LogP contribution in [0.3, 0.4) is 0 Å². The molecule has 0 bridgehead atoms. The summed E-state index contributed by atoms with van der Waals surface area (Å²) in [6.07, 6.45) is 9.45. The third kappa shape index (κ3) is 4.91. The molecular formula is C27H32N2O2. The van der Waals surface area contributed by atoms with Crippen molar-refractivity contribution in [2.45, 2.75) is 56.8 Å². The standard InChI is InChI=1S/C27H32N2O2/c1-3-25(31-21-14-8-5-9-15-21)26(27(30)28-18-20-12-6-4-7-13-20)23-19-29(2)24-17-11-10-16-22(23)24/h3-4,6-7,10-13,16-17,19,21,25-26H,1,5,8-9,14-15,18H2,2H3,(H,28,30)/t25-,26-/m1/s1. The number of carbonyl (C=O) groups excluding carboxylic acids is 1. The largest absolute Gasteiger partial charge is 0.370 e. The second-order valence-corrected chi connectivity index (χ2v) is 8.49. The Labute approximate surface area is 184 Å². The SMILES string of the molecule is C=C[C@@H](OC1CCCCC1)[C@H](C(=O)NCc1ccccc1)c1cn(C)c2ccccc12. The van der Waals surface area contributed by atoms with E-state index in [1.54, 1.807) is 0 Å². The predicted octanol–water partition coefficient (Wildman–Crippen LogP) is 5.48. The summed E-state index contributed by atoms with van der Waals surface area (Å²) in [7, 11) is 2.02. The lowest BCUT2D eigenvalue weighted by atomic mass is 9.90. The molecule has 2 atom stereocenters. The lowest BCUT2D eigenvalue weighted by molar-refractivity contribution is -0.127. The number of aryl methyl sites for hydroxylation is 1. The van der Waals surface area contributed by atoms with Crippen molar-refractivity contribution in [1.29, 1.82) is 0 Å². The maximum Gasteiger partial charge on any atom is 0.230 e. The zero-order valence-electron chi connectivity index (χ0n) is 18.3. The van der Waals surface area contributed by atoms with Crippen molar-refractivity contribution in [2.75, 3.05) is 0 Å². The van der Waals surface area contributed by atoms with Gasteiger partial charge in [0.1, 0.15) is 0 Å². The number of para-hydroxylation sites is 1. The van der Waals surface area contributed by atoms with Crippen molar-refractivity contribution in [3.63, 3.8) is 0 Å². The van der Waals surface area contributed by atoms with E-state index in [0.29, 0.717) is 6.54 Å². The molecule has 1 saturated carbocycles. The van der Waals surface area contributed by atoms with E-state index >= 15 is 0 Å². The van der Waals surface area contributed by atoms with Gasteiger partial charge in [0, 0.05) is 30.7 Å². The fourth-order valence-electron chi connectivity index (χ4n) is 4.68. The van der Waals surface area contributed by atoms with Crippen molar-refractivity contribution < 1.29 is 9.53 Å². The molecule has 4 nitrogen and oxygen atoms in total. The van der Waals surface area contributed by atoms with Crippen LogP contribution in [0.1, 0.15) is 49.1 Å². The van der Waals surface area contributed by atoms with Crippen molar-refractivity contribution in [3.8, 4) is 0 Å². The van der Waals surface area contributed by atoms with Gasteiger partial charge in [-0.2, -0.15) is 0 Å². The molecule has 31 heavy (non-hydrogen) atoms. The molecule has 1 aliphatic rings. The van der Waals surface area contributed by atoms with E-state index in [1.807, 2.05) is 55.6 Å². The summed E-state index contributed by atoms with van der Waals surface area (Å²) < 4.78 is 8.59. The number of aromatic nitrogens is 1. The summed E-state index contributed by atoms with van der Waals surface area (Å²) in [6.45, 7) is 4.54. The van der Waals surface area contributed by atoms with Crippen molar-refractivity contribution in [3.05, 3.63) is 84.6 Å². The number of fused-ring (bicyclic) bond motifs is 1. The zero-order valence-corrected chi connectivity index (χ0v) is 18.3. The summed E-state index contributed by atoms with van der Waals surface area (Å²) in [5.74, 6) is -0.477. The first-order valence-corrected chi connectivity index (χ1v) is 11.3. The molecule has 0 unspecified atom stereocenters. The number of carbonyl (C=O) groups is 1.